The number of fused-ring (bicyclic) bond motifs is 3. The number of pyridine rings is 1. The highest BCUT2D eigenvalue weighted by molar-refractivity contribution is 6.07. The van der Waals surface area contributed by atoms with Crippen LogP contribution in [0.3, 0.4) is 0 Å². The molecule has 0 aliphatic carbocycles. The van der Waals surface area contributed by atoms with Crippen molar-refractivity contribution in [1.29, 1.82) is 0 Å². The molecule has 0 aliphatic rings. The molecule has 0 bridgehead atoms. The Morgan fingerprint density at radius 2 is 2.18 bits per heavy atom. The van der Waals surface area contributed by atoms with E-state index in [4.69, 9.17) is 5.11 Å². The lowest BCUT2D eigenvalue weighted by Gasteiger charge is -2.14. The van der Waals surface area contributed by atoms with Crippen LogP contribution in [0.4, 0.5) is 5.82 Å². The maximum absolute atomic E-state index is 11.5. The van der Waals surface area contributed by atoms with Crippen LogP contribution in [0.15, 0.2) is 36.7 Å². The highest BCUT2D eigenvalue weighted by Crippen LogP contribution is 2.32. The topological polar surface area (TPSA) is 108 Å². The number of H-pyrrole nitrogens is 1. The van der Waals surface area contributed by atoms with Crippen molar-refractivity contribution in [1.82, 2.24) is 24.8 Å². The Hall–Kier alpha value is -3.39. The lowest BCUT2D eigenvalue weighted by atomic mass is 10.0. The summed E-state index contributed by atoms with van der Waals surface area (Å²) in [7, 11) is 3.80. The zero-order valence-electron chi connectivity index (χ0n) is 15.9. The molecule has 0 aliphatic heterocycles. The molecule has 8 heteroatoms. The summed E-state index contributed by atoms with van der Waals surface area (Å²) in [6, 6.07) is 9.79. The van der Waals surface area contributed by atoms with Crippen LogP contribution in [0.25, 0.3) is 33.3 Å². The minimum Gasteiger partial charge on any atom is -0.387 e. The van der Waals surface area contributed by atoms with E-state index in [1.165, 1.54) is 0 Å². The fraction of sp³-hybridized carbons (Fsp3) is 0.250. The predicted octanol–water partition coefficient (Wildman–Crippen LogP) is 2.33. The van der Waals surface area contributed by atoms with Gasteiger partial charge < -0.3 is 25.3 Å². The number of carbonyl (C=O) groups is 1. The summed E-state index contributed by atoms with van der Waals surface area (Å²) in [6.45, 7) is 1.37. The third-order valence-corrected chi connectivity index (χ3v) is 4.89. The third kappa shape index (κ3) is 2.97. The van der Waals surface area contributed by atoms with Crippen LogP contribution in [0, 0.1) is 0 Å². The van der Waals surface area contributed by atoms with Gasteiger partial charge in [-0.3, -0.25) is 4.79 Å². The van der Waals surface area contributed by atoms with Crippen molar-refractivity contribution in [3.05, 3.63) is 42.2 Å². The first kappa shape index (κ1) is 18.0. The minimum atomic E-state index is -0.522. The summed E-state index contributed by atoms with van der Waals surface area (Å²) < 4.78 is 1.99. The first-order valence-electron chi connectivity index (χ1n) is 9.04. The molecule has 0 radical (unpaired) electrons. The lowest BCUT2D eigenvalue weighted by molar-refractivity contribution is -0.124. The van der Waals surface area contributed by atoms with E-state index in [1.807, 2.05) is 49.9 Å². The zero-order chi connectivity index (χ0) is 19.8. The second-order valence-corrected chi connectivity index (χ2v) is 6.78. The first-order valence-corrected chi connectivity index (χ1v) is 9.04. The van der Waals surface area contributed by atoms with Gasteiger partial charge in [0.15, 0.2) is 5.82 Å². The number of aromatic nitrogens is 4. The minimum absolute atomic E-state index is 0.207. The molecule has 1 amide bonds. The number of carbonyl (C=O) groups excluding carboxylic acids is 1. The Kier molecular flexibility index (Phi) is 4.48. The largest absolute Gasteiger partial charge is 0.387 e. The van der Waals surface area contributed by atoms with Gasteiger partial charge in [0.05, 0.1) is 17.9 Å². The highest BCUT2D eigenvalue weighted by atomic mass is 16.3. The van der Waals surface area contributed by atoms with Gasteiger partial charge in [-0.2, -0.15) is 0 Å². The van der Waals surface area contributed by atoms with Crippen LogP contribution in [-0.4, -0.2) is 44.2 Å². The van der Waals surface area contributed by atoms with Gasteiger partial charge in [0.1, 0.15) is 17.8 Å². The molecule has 1 aromatic carbocycles. The number of anilines is 1. The average molecular weight is 378 g/mol. The van der Waals surface area contributed by atoms with Gasteiger partial charge in [-0.1, -0.05) is 18.2 Å². The van der Waals surface area contributed by atoms with E-state index < -0.39 is 12.5 Å². The van der Waals surface area contributed by atoms with E-state index in [-0.39, 0.29) is 6.04 Å². The Bertz CT molecular complexity index is 1180. The smallest absolute Gasteiger partial charge is 0.246 e. The molecule has 144 valence electrons. The van der Waals surface area contributed by atoms with Crippen LogP contribution in [0.1, 0.15) is 18.5 Å². The number of benzene rings is 1. The Labute approximate surface area is 161 Å². The standard InChI is InChI=1S/C20H22N6O2/c1-11(23-16(28)9-27)12-5-4-6-13(7-12)15-8-14-18-17(22-10-26(18)3)20(21-2)25-19(14)24-15/h4-8,10-11,27H,9H2,1-3H3,(H,23,28)(H2,21,24,25). The maximum Gasteiger partial charge on any atom is 0.246 e. The van der Waals surface area contributed by atoms with Gasteiger partial charge in [0.2, 0.25) is 5.91 Å². The van der Waals surface area contributed by atoms with Crippen molar-refractivity contribution in [3.8, 4) is 11.3 Å². The number of hydrogen-bond acceptors (Lipinski definition) is 5. The van der Waals surface area contributed by atoms with Crippen molar-refractivity contribution in [2.45, 2.75) is 13.0 Å². The molecule has 0 saturated heterocycles. The fourth-order valence-corrected chi connectivity index (χ4v) is 3.47. The molecule has 0 spiro atoms. The molecule has 3 aromatic heterocycles. The molecule has 1 atom stereocenters. The summed E-state index contributed by atoms with van der Waals surface area (Å²) in [5.41, 5.74) is 5.49. The molecule has 8 nitrogen and oxygen atoms in total. The molecule has 4 rings (SSSR count). The number of aryl methyl sites for hydroxylation is 1. The predicted molar refractivity (Wildman–Crippen MR) is 109 cm³/mol. The van der Waals surface area contributed by atoms with Crippen LogP contribution in [0.2, 0.25) is 0 Å². The van der Waals surface area contributed by atoms with Gasteiger partial charge in [0.25, 0.3) is 0 Å². The van der Waals surface area contributed by atoms with Crippen molar-refractivity contribution >= 4 is 33.8 Å². The quantitative estimate of drug-likeness (QED) is 0.426. The van der Waals surface area contributed by atoms with E-state index in [2.05, 4.69) is 31.7 Å². The van der Waals surface area contributed by atoms with E-state index in [9.17, 15) is 4.79 Å². The molecular weight excluding hydrogens is 356 g/mol. The first-order chi connectivity index (χ1) is 13.5. The number of aliphatic hydroxyl groups excluding tert-OH is 1. The Morgan fingerprint density at radius 3 is 2.93 bits per heavy atom. The average Bonchev–Trinajstić information content (AvgIpc) is 3.30. The molecule has 1 unspecified atom stereocenters. The van der Waals surface area contributed by atoms with E-state index >= 15 is 0 Å². The number of nitrogens with one attached hydrogen (secondary N) is 3. The van der Waals surface area contributed by atoms with E-state index in [0.29, 0.717) is 0 Å². The lowest BCUT2D eigenvalue weighted by Crippen LogP contribution is -2.28. The molecule has 4 N–H and O–H groups in total. The zero-order valence-corrected chi connectivity index (χ0v) is 15.9. The third-order valence-electron chi connectivity index (χ3n) is 4.89. The summed E-state index contributed by atoms with van der Waals surface area (Å²) in [5.74, 6) is 0.330. The Morgan fingerprint density at radius 1 is 1.36 bits per heavy atom. The number of aromatic amines is 1. The maximum atomic E-state index is 11.5. The van der Waals surface area contributed by atoms with Crippen molar-refractivity contribution in [2.24, 2.45) is 7.05 Å². The number of nitrogens with zero attached hydrogens (tertiary/aromatic N) is 3. The fourth-order valence-electron chi connectivity index (χ4n) is 3.47. The monoisotopic (exact) mass is 378 g/mol. The number of amides is 1. The number of hydrogen-bond donors (Lipinski definition) is 4. The van der Waals surface area contributed by atoms with E-state index in [0.717, 1.165) is 44.7 Å². The molecule has 0 fully saturated rings. The highest BCUT2D eigenvalue weighted by Gasteiger charge is 2.16. The van der Waals surface area contributed by atoms with Gasteiger partial charge in [-0.05, 0) is 30.2 Å². The van der Waals surface area contributed by atoms with E-state index in [1.54, 1.807) is 6.33 Å². The Balaban J connectivity index is 1.80. The number of aliphatic hydroxyl groups is 1. The molecule has 4 aromatic rings. The SMILES string of the molecule is CNc1nc2[nH]c(-c3cccc(C(C)NC(=O)CO)c3)cc2c2c1ncn2C. The second kappa shape index (κ2) is 6.97. The van der Waals surface area contributed by atoms with Gasteiger partial charge in [-0.15, -0.1) is 0 Å². The molecule has 3 heterocycles. The molecular formula is C20H22N6O2. The van der Waals surface area contributed by atoms with Crippen molar-refractivity contribution < 1.29 is 9.90 Å². The van der Waals surface area contributed by atoms with Gasteiger partial charge >= 0.3 is 0 Å². The van der Waals surface area contributed by atoms with Crippen LogP contribution in [-0.2, 0) is 11.8 Å². The summed E-state index contributed by atoms with van der Waals surface area (Å²) >= 11 is 0. The molecule has 28 heavy (non-hydrogen) atoms. The summed E-state index contributed by atoms with van der Waals surface area (Å²) in [5, 5.41) is 15.8. The van der Waals surface area contributed by atoms with Crippen LogP contribution < -0.4 is 10.6 Å². The summed E-state index contributed by atoms with van der Waals surface area (Å²) in [4.78, 5) is 24.0. The van der Waals surface area contributed by atoms with Crippen molar-refractivity contribution in [2.75, 3.05) is 19.0 Å². The normalized spacial score (nSPS) is 12.4. The summed E-state index contributed by atoms with van der Waals surface area (Å²) in [6.07, 6.45) is 1.78. The van der Waals surface area contributed by atoms with Gasteiger partial charge in [-0.25, -0.2) is 9.97 Å². The molecule has 0 saturated carbocycles. The van der Waals surface area contributed by atoms with Crippen LogP contribution >= 0.6 is 0 Å². The number of rotatable bonds is 5. The number of imidazole rings is 1. The van der Waals surface area contributed by atoms with Crippen molar-refractivity contribution in [3.63, 3.8) is 0 Å². The second-order valence-electron chi connectivity index (χ2n) is 6.78. The van der Waals surface area contributed by atoms with Gasteiger partial charge in [0, 0.05) is 25.2 Å². The van der Waals surface area contributed by atoms with Crippen LogP contribution in [0.5, 0.6) is 0 Å².